The molecule has 6 heteroatoms. The van der Waals surface area contributed by atoms with Gasteiger partial charge in [-0.05, 0) is 12.1 Å². The first kappa shape index (κ1) is 10.6. The Kier molecular flexibility index (Phi) is 2.84. The summed E-state index contributed by atoms with van der Waals surface area (Å²) in [5.41, 5.74) is 0.443. The molecule has 1 aromatic carbocycles. The molecule has 80 valence electrons. The lowest BCUT2D eigenvalue weighted by Crippen LogP contribution is -2.02. The van der Waals surface area contributed by atoms with Crippen molar-refractivity contribution in [3.8, 4) is 6.07 Å². The maximum atomic E-state index is 13.4. The molecule has 0 radical (unpaired) electrons. The number of hydrogen-bond donors (Lipinski definition) is 0. The van der Waals surface area contributed by atoms with Crippen LogP contribution in [0, 0.1) is 17.1 Å². The van der Waals surface area contributed by atoms with Crippen molar-refractivity contribution in [2.24, 2.45) is 0 Å². The van der Waals surface area contributed by atoms with Crippen molar-refractivity contribution in [2.45, 2.75) is 6.54 Å². The van der Waals surface area contributed by atoms with Crippen molar-refractivity contribution in [2.75, 3.05) is 0 Å². The smallest absolute Gasteiger partial charge is 0.247 e. The maximum absolute atomic E-state index is 13.4. The fourth-order valence-corrected chi connectivity index (χ4v) is 1.41. The summed E-state index contributed by atoms with van der Waals surface area (Å²) in [5.74, 6) is -0.337. The minimum absolute atomic E-state index is 0.0642. The average Bonchev–Trinajstić information content (AvgIpc) is 2.70. The van der Waals surface area contributed by atoms with Gasteiger partial charge in [-0.2, -0.15) is 5.26 Å². The summed E-state index contributed by atoms with van der Waals surface area (Å²) in [5, 5.41) is 12.7. The zero-order valence-electron chi connectivity index (χ0n) is 8.06. The lowest BCUT2D eigenvalue weighted by molar-refractivity contribution is 0.584. The number of rotatable bonds is 2. The molecule has 0 N–H and O–H groups in total. The van der Waals surface area contributed by atoms with E-state index in [-0.39, 0.29) is 12.4 Å². The van der Waals surface area contributed by atoms with Crippen LogP contribution in [0.25, 0.3) is 0 Å². The molecule has 2 rings (SSSR count). The minimum atomic E-state index is -0.401. The first-order valence-electron chi connectivity index (χ1n) is 4.42. The molecule has 0 spiro atoms. The summed E-state index contributed by atoms with van der Waals surface area (Å²) in [6.07, 6.45) is 1.38. The van der Waals surface area contributed by atoms with Gasteiger partial charge >= 0.3 is 0 Å². The first-order valence-corrected chi connectivity index (χ1v) is 4.80. The van der Waals surface area contributed by atoms with Gasteiger partial charge in [0.15, 0.2) is 0 Å². The van der Waals surface area contributed by atoms with Gasteiger partial charge in [-0.3, -0.25) is 0 Å². The highest BCUT2D eigenvalue weighted by atomic mass is 35.5. The molecule has 0 unspecified atom stereocenters. The summed E-state index contributed by atoms with van der Waals surface area (Å²) in [4.78, 5) is 3.72. The second-order valence-electron chi connectivity index (χ2n) is 3.11. The maximum Gasteiger partial charge on any atom is 0.252 e. The molecule has 0 fully saturated rings. The van der Waals surface area contributed by atoms with E-state index in [1.807, 2.05) is 0 Å². The third kappa shape index (κ3) is 2.18. The van der Waals surface area contributed by atoms with Crippen molar-refractivity contribution in [3.63, 3.8) is 0 Å². The SMILES string of the molecule is N#Cc1ncn(Cc2ccc(Cl)cc2F)n1. The van der Waals surface area contributed by atoms with Crippen LogP contribution in [-0.4, -0.2) is 14.8 Å². The molecule has 0 aliphatic rings. The van der Waals surface area contributed by atoms with Crippen LogP contribution in [0.1, 0.15) is 11.4 Å². The Morgan fingerprint density at radius 1 is 1.50 bits per heavy atom. The van der Waals surface area contributed by atoms with Crippen LogP contribution in [0.3, 0.4) is 0 Å². The van der Waals surface area contributed by atoms with Crippen molar-refractivity contribution in [3.05, 3.63) is 46.8 Å². The monoisotopic (exact) mass is 236 g/mol. The highest BCUT2D eigenvalue weighted by Gasteiger charge is 2.05. The Balaban J connectivity index is 2.24. The molecule has 1 heterocycles. The Hall–Kier alpha value is -1.93. The van der Waals surface area contributed by atoms with E-state index in [4.69, 9.17) is 16.9 Å². The van der Waals surface area contributed by atoms with Crippen LogP contribution in [0.4, 0.5) is 4.39 Å². The van der Waals surface area contributed by atoms with Gasteiger partial charge in [0.2, 0.25) is 0 Å². The Morgan fingerprint density at radius 2 is 2.31 bits per heavy atom. The van der Waals surface area contributed by atoms with Gasteiger partial charge in [0.05, 0.1) is 6.54 Å². The largest absolute Gasteiger partial charge is 0.252 e. The first-order chi connectivity index (χ1) is 7.69. The topological polar surface area (TPSA) is 54.5 Å². The number of aromatic nitrogens is 3. The second-order valence-corrected chi connectivity index (χ2v) is 3.55. The number of benzene rings is 1. The fraction of sp³-hybridized carbons (Fsp3) is 0.100. The zero-order chi connectivity index (χ0) is 11.5. The van der Waals surface area contributed by atoms with Gasteiger partial charge < -0.3 is 0 Å². The normalized spacial score (nSPS) is 10.1. The van der Waals surface area contributed by atoms with Crippen LogP contribution in [0.5, 0.6) is 0 Å². The van der Waals surface area contributed by atoms with E-state index in [0.717, 1.165) is 0 Å². The molecule has 2 aromatic rings. The Bertz CT molecular complexity index is 558. The standard InChI is InChI=1S/C10H6ClFN4/c11-8-2-1-7(9(12)3-8)5-16-6-14-10(4-13)15-16/h1-3,6H,5H2. The van der Waals surface area contributed by atoms with Crippen molar-refractivity contribution in [1.29, 1.82) is 5.26 Å². The van der Waals surface area contributed by atoms with E-state index in [0.29, 0.717) is 10.6 Å². The predicted octanol–water partition coefficient (Wildman–Crippen LogP) is 1.99. The fourth-order valence-electron chi connectivity index (χ4n) is 1.25. The highest BCUT2D eigenvalue weighted by molar-refractivity contribution is 6.30. The molecule has 0 amide bonds. The summed E-state index contributed by atoms with van der Waals surface area (Å²) in [6.45, 7) is 0.220. The van der Waals surface area contributed by atoms with Gasteiger partial charge in [0.1, 0.15) is 18.2 Å². The van der Waals surface area contributed by atoms with E-state index in [9.17, 15) is 4.39 Å². The molecule has 0 atom stereocenters. The lowest BCUT2D eigenvalue weighted by Gasteiger charge is -2.02. The lowest BCUT2D eigenvalue weighted by atomic mass is 10.2. The van der Waals surface area contributed by atoms with E-state index in [2.05, 4.69) is 10.1 Å². The zero-order valence-corrected chi connectivity index (χ0v) is 8.82. The molecular formula is C10H6ClFN4. The quantitative estimate of drug-likeness (QED) is 0.801. The summed E-state index contributed by atoms with van der Waals surface area (Å²) in [7, 11) is 0. The average molecular weight is 237 g/mol. The third-order valence-corrected chi connectivity index (χ3v) is 2.22. The van der Waals surface area contributed by atoms with Crippen LogP contribution in [0.2, 0.25) is 5.02 Å². The van der Waals surface area contributed by atoms with Gasteiger partial charge in [-0.1, -0.05) is 17.7 Å². The van der Waals surface area contributed by atoms with E-state index in [1.54, 1.807) is 18.2 Å². The Labute approximate surface area is 95.9 Å². The van der Waals surface area contributed by atoms with Gasteiger partial charge in [0.25, 0.3) is 5.82 Å². The molecule has 0 saturated heterocycles. The molecule has 16 heavy (non-hydrogen) atoms. The molecule has 0 aliphatic heterocycles. The van der Waals surface area contributed by atoms with E-state index >= 15 is 0 Å². The summed E-state index contributed by atoms with van der Waals surface area (Å²) in [6, 6.07) is 6.21. The molecule has 0 saturated carbocycles. The van der Waals surface area contributed by atoms with E-state index in [1.165, 1.54) is 17.1 Å². The van der Waals surface area contributed by atoms with Gasteiger partial charge in [-0.25, -0.2) is 14.1 Å². The molecule has 0 bridgehead atoms. The number of hydrogen-bond acceptors (Lipinski definition) is 3. The molecule has 1 aromatic heterocycles. The predicted molar refractivity (Wildman–Crippen MR) is 55.2 cm³/mol. The van der Waals surface area contributed by atoms with Crippen LogP contribution >= 0.6 is 11.6 Å². The van der Waals surface area contributed by atoms with Crippen molar-refractivity contribution < 1.29 is 4.39 Å². The Morgan fingerprint density at radius 3 is 2.94 bits per heavy atom. The van der Waals surface area contributed by atoms with Crippen LogP contribution < -0.4 is 0 Å². The van der Waals surface area contributed by atoms with Crippen molar-refractivity contribution >= 4 is 11.6 Å². The van der Waals surface area contributed by atoms with Crippen molar-refractivity contribution in [1.82, 2.24) is 14.8 Å². The highest BCUT2D eigenvalue weighted by Crippen LogP contribution is 2.15. The van der Waals surface area contributed by atoms with E-state index < -0.39 is 5.82 Å². The van der Waals surface area contributed by atoms with Gasteiger partial charge in [0, 0.05) is 10.6 Å². The van der Waals surface area contributed by atoms with Gasteiger partial charge in [-0.15, -0.1) is 5.10 Å². The molecule has 4 nitrogen and oxygen atoms in total. The number of nitrogens with zero attached hydrogens (tertiary/aromatic N) is 4. The summed E-state index contributed by atoms with van der Waals surface area (Å²) < 4.78 is 14.8. The third-order valence-electron chi connectivity index (χ3n) is 1.98. The summed E-state index contributed by atoms with van der Waals surface area (Å²) >= 11 is 5.63. The number of halogens is 2. The number of nitriles is 1. The van der Waals surface area contributed by atoms with Crippen LogP contribution in [-0.2, 0) is 6.54 Å². The van der Waals surface area contributed by atoms with Crippen LogP contribution in [0.15, 0.2) is 24.5 Å². The molecule has 0 aliphatic carbocycles. The second kappa shape index (κ2) is 4.29. The molecular weight excluding hydrogens is 231 g/mol. The minimum Gasteiger partial charge on any atom is -0.247 e.